The van der Waals surface area contributed by atoms with E-state index in [1.165, 1.54) is 5.56 Å². The van der Waals surface area contributed by atoms with E-state index >= 15 is 0 Å². The highest BCUT2D eigenvalue weighted by Crippen LogP contribution is 2.09. The molecule has 0 amide bonds. The molecular formula is C12H21NOSi. The Morgan fingerprint density at radius 1 is 1.20 bits per heavy atom. The Labute approximate surface area is 93.7 Å². The molecule has 2 nitrogen and oxygen atoms in total. The number of benzene rings is 1. The van der Waals surface area contributed by atoms with Crippen molar-refractivity contribution in [3.8, 4) is 0 Å². The fraction of sp³-hybridized carbons (Fsp3) is 0.500. The van der Waals surface area contributed by atoms with Crippen LogP contribution in [0, 0.1) is 0 Å². The van der Waals surface area contributed by atoms with Crippen molar-refractivity contribution in [1.82, 2.24) is 5.32 Å². The first kappa shape index (κ1) is 12.4. The van der Waals surface area contributed by atoms with Gasteiger partial charge in [0, 0.05) is 13.7 Å². The molecule has 1 unspecified atom stereocenters. The number of nitrogens with one attached hydrogen (secondary N) is 1. The van der Waals surface area contributed by atoms with Crippen LogP contribution >= 0.6 is 0 Å². The average molecular weight is 223 g/mol. The molecule has 0 saturated heterocycles. The lowest BCUT2D eigenvalue weighted by Gasteiger charge is -2.28. The smallest absolute Gasteiger partial charge is 0.0968 e. The van der Waals surface area contributed by atoms with Crippen molar-refractivity contribution in [1.29, 1.82) is 0 Å². The molecule has 1 N–H and O–H groups in total. The van der Waals surface area contributed by atoms with E-state index in [0.717, 1.165) is 6.54 Å². The van der Waals surface area contributed by atoms with Gasteiger partial charge in [0.2, 0.25) is 0 Å². The lowest BCUT2D eigenvalue weighted by molar-refractivity contribution is 0.128. The highest BCUT2D eigenvalue weighted by atomic mass is 28.3. The number of ether oxygens (including phenoxy) is 1. The van der Waals surface area contributed by atoms with E-state index in [9.17, 15) is 0 Å². The van der Waals surface area contributed by atoms with E-state index in [1.807, 2.05) is 6.07 Å². The predicted octanol–water partition coefficient (Wildman–Crippen LogP) is 2.63. The average Bonchev–Trinajstić information content (AvgIpc) is 2.18. The van der Waals surface area contributed by atoms with Crippen LogP contribution in [0.2, 0.25) is 19.6 Å². The van der Waals surface area contributed by atoms with Gasteiger partial charge in [-0.05, 0) is 5.56 Å². The van der Waals surface area contributed by atoms with Crippen LogP contribution in [0.15, 0.2) is 30.3 Å². The van der Waals surface area contributed by atoms with Crippen LogP contribution in [-0.4, -0.2) is 21.0 Å². The molecule has 0 saturated carbocycles. The predicted molar refractivity (Wildman–Crippen MR) is 67.4 cm³/mol. The molecule has 1 aromatic rings. The van der Waals surface area contributed by atoms with Gasteiger partial charge < -0.3 is 4.74 Å². The molecule has 1 atom stereocenters. The highest BCUT2D eigenvalue weighted by molar-refractivity contribution is 6.77. The molecule has 0 aliphatic heterocycles. The minimum atomic E-state index is -1.27. The molecule has 0 aromatic heterocycles. The second kappa shape index (κ2) is 5.44. The van der Waals surface area contributed by atoms with Gasteiger partial charge in [-0.3, -0.25) is 5.32 Å². The minimum Gasteiger partial charge on any atom is -0.370 e. The molecule has 0 heterocycles. The Balaban J connectivity index is 2.49. The van der Waals surface area contributed by atoms with Gasteiger partial charge in [-0.2, -0.15) is 0 Å². The van der Waals surface area contributed by atoms with Crippen molar-refractivity contribution in [3.63, 3.8) is 0 Å². The molecule has 0 bridgehead atoms. The number of hydrogen-bond donors (Lipinski definition) is 1. The molecule has 1 rings (SSSR count). The maximum atomic E-state index is 5.49. The molecule has 0 aliphatic carbocycles. The fourth-order valence-electron chi connectivity index (χ4n) is 1.55. The van der Waals surface area contributed by atoms with E-state index in [2.05, 4.69) is 49.2 Å². The second-order valence-corrected chi connectivity index (χ2v) is 10.1. The van der Waals surface area contributed by atoms with Crippen molar-refractivity contribution in [2.45, 2.75) is 32.0 Å². The third kappa shape index (κ3) is 4.16. The summed E-state index contributed by atoms with van der Waals surface area (Å²) in [6, 6.07) is 10.4. The van der Waals surface area contributed by atoms with Crippen LogP contribution in [0.25, 0.3) is 0 Å². The van der Waals surface area contributed by atoms with Crippen molar-refractivity contribution >= 4 is 8.07 Å². The summed E-state index contributed by atoms with van der Waals surface area (Å²) in [5, 5.41) is 3.47. The molecule has 15 heavy (non-hydrogen) atoms. The minimum absolute atomic E-state index is 0.220. The fourth-order valence-corrected chi connectivity index (χ4v) is 2.97. The largest absolute Gasteiger partial charge is 0.370 e. The van der Waals surface area contributed by atoms with Crippen molar-refractivity contribution in [3.05, 3.63) is 35.9 Å². The van der Waals surface area contributed by atoms with Crippen LogP contribution in [0.1, 0.15) is 5.56 Å². The van der Waals surface area contributed by atoms with Crippen molar-refractivity contribution in [2.24, 2.45) is 0 Å². The Bertz CT molecular complexity index is 281. The molecule has 0 spiro atoms. The summed E-state index contributed by atoms with van der Waals surface area (Å²) in [6.45, 7) is 7.79. The third-order valence-electron chi connectivity index (χ3n) is 2.36. The topological polar surface area (TPSA) is 21.3 Å². The molecule has 0 fully saturated rings. The zero-order chi connectivity index (χ0) is 11.3. The van der Waals surface area contributed by atoms with E-state index in [4.69, 9.17) is 4.74 Å². The zero-order valence-electron chi connectivity index (χ0n) is 10.1. The van der Waals surface area contributed by atoms with Crippen LogP contribution in [0.3, 0.4) is 0 Å². The summed E-state index contributed by atoms with van der Waals surface area (Å²) in [4.78, 5) is 0. The number of rotatable bonds is 5. The monoisotopic (exact) mass is 223 g/mol. The standard InChI is InChI=1S/C12H21NOSi/c1-14-12(15(2,3)4)13-10-11-8-6-5-7-9-11/h5-9,12-13H,10H2,1-4H3. The van der Waals surface area contributed by atoms with Gasteiger partial charge in [0.05, 0.1) is 13.9 Å². The first-order valence-electron chi connectivity index (χ1n) is 5.34. The zero-order valence-corrected chi connectivity index (χ0v) is 11.1. The summed E-state index contributed by atoms with van der Waals surface area (Å²) < 4.78 is 5.49. The SMILES string of the molecule is COC(NCc1ccccc1)[Si](C)(C)C. The van der Waals surface area contributed by atoms with E-state index in [-0.39, 0.29) is 5.85 Å². The van der Waals surface area contributed by atoms with E-state index in [1.54, 1.807) is 7.11 Å². The van der Waals surface area contributed by atoms with Gasteiger partial charge in [-0.1, -0.05) is 50.0 Å². The van der Waals surface area contributed by atoms with Gasteiger partial charge in [-0.25, -0.2) is 0 Å². The first-order valence-corrected chi connectivity index (χ1v) is 8.92. The highest BCUT2D eigenvalue weighted by Gasteiger charge is 2.25. The molecular weight excluding hydrogens is 202 g/mol. The number of methoxy groups -OCH3 is 1. The summed E-state index contributed by atoms with van der Waals surface area (Å²) >= 11 is 0. The molecule has 3 heteroatoms. The first-order chi connectivity index (χ1) is 7.04. The maximum absolute atomic E-state index is 5.49. The second-order valence-electron chi connectivity index (χ2n) is 4.85. The summed E-state index contributed by atoms with van der Waals surface area (Å²) in [5.74, 6) is 0.220. The van der Waals surface area contributed by atoms with Crippen LogP contribution in [0.4, 0.5) is 0 Å². The Hall–Kier alpha value is -0.643. The quantitative estimate of drug-likeness (QED) is 0.612. The van der Waals surface area contributed by atoms with Crippen LogP contribution in [0.5, 0.6) is 0 Å². The van der Waals surface area contributed by atoms with Gasteiger partial charge in [0.25, 0.3) is 0 Å². The lowest BCUT2D eigenvalue weighted by Crippen LogP contribution is -2.49. The molecule has 0 radical (unpaired) electrons. The maximum Gasteiger partial charge on any atom is 0.0968 e. The van der Waals surface area contributed by atoms with Gasteiger partial charge in [0.15, 0.2) is 0 Å². The Morgan fingerprint density at radius 2 is 1.80 bits per heavy atom. The van der Waals surface area contributed by atoms with Gasteiger partial charge in [-0.15, -0.1) is 0 Å². The van der Waals surface area contributed by atoms with Crippen LogP contribution in [-0.2, 0) is 11.3 Å². The summed E-state index contributed by atoms with van der Waals surface area (Å²) in [6.07, 6.45) is 0. The molecule has 0 aliphatic rings. The van der Waals surface area contributed by atoms with Crippen molar-refractivity contribution < 1.29 is 4.74 Å². The third-order valence-corrected chi connectivity index (χ3v) is 4.37. The normalized spacial score (nSPS) is 13.9. The van der Waals surface area contributed by atoms with E-state index in [0.29, 0.717) is 0 Å². The summed E-state index contributed by atoms with van der Waals surface area (Å²) in [5.41, 5.74) is 1.30. The van der Waals surface area contributed by atoms with Gasteiger partial charge >= 0.3 is 0 Å². The molecule has 1 aromatic carbocycles. The van der Waals surface area contributed by atoms with Crippen LogP contribution < -0.4 is 5.32 Å². The molecule has 84 valence electrons. The lowest BCUT2D eigenvalue weighted by atomic mass is 10.2. The van der Waals surface area contributed by atoms with Crippen molar-refractivity contribution in [2.75, 3.05) is 7.11 Å². The van der Waals surface area contributed by atoms with E-state index < -0.39 is 8.07 Å². The Morgan fingerprint density at radius 3 is 2.27 bits per heavy atom. The van der Waals surface area contributed by atoms with Gasteiger partial charge in [0.1, 0.15) is 0 Å². The Kier molecular flexibility index (Phi) is 4.51. The summed E-state index contributed by atoms with van der Waals surface area (Å²) in [7, 11) is 0.505. The number of hydrogen-bond acceptors (Lipinski definition) is 2.